The van der Waals surface area contributed by atoms with E-state index in [1.54, 1.807) is 12.1 Å². The van der Waals surface area contributed by atoms with Crippen molar-refractivity contribution in [2.24, 2.45) is 10.1 Å². The van der Waals surface area contributed by atoms with Crippen molar-refractivity contribution >= 4 is 59.4 Å². The molecule has 1 aliphatic heterocycles. The van der Waals surface area contributed by atoms with Gasteiger partial charge in [0.25, 0.3) is 0 Å². The predicted octanol–water partition coefficient (Wildman–Crippen LogP) is 3.34. The molecule has 0 fully saturated rings. The summed E-state index contributed by atoms with van der Waals surface area (Å²) in [5, 5.41) is 8.43. The van der Waals surface area contributed by atoms with Crippen molar-refractivity contribution in [2.45, 2.75) is 6.42 Å². The molecule has 104 valence electrons. The Balaban J connectivity index is 0.00000180. The minimum atomic E-state index is 0. The number of nitrogens with one attached hydrogen (secondary N) is 2. The first-order valence-electron chi connectivity index (χ1n) is 5.39. The number of hydrogen-bond acceptors (Lipinski definition) is 4. The highest BCUT2D eigenvalue weighted by molar-refractivity contribution is 6.45. The van der Waals surface area contributed by atoms with Crippen molar-refractivity contribution in [1.29, 1.82) is 0 Å². The fraction of sp³-hybridized carbons (Fsp3) is 0.273. The van der Waals surface area contributed by atoms with Gasteiger partial charge in [-0.25, -0.2) is 5.43 Å². The standard InChI is InChI=1S/C11H11Cl3N4.ClH/c12-8-2-3-9(13)10(14)7(8)6-17-18-11-15-4-1-5-16-11;/h2-3,6H,1,4-5H2,(H2,15,16,18);1H. The third-order valence-corrected chi connectivity index (χ3v) is 3.49. The van der Waals surface area contributed by atoms with E-state index in [0.717, 1.165) is 19.5 Å². The zero-order chi connectivity index (χ0) is 13.0. The molecule has 19 heavy (non-hydrogen) atoms. The van der Waals surface area contributed by atoms with Crippen molar-refractivity contribution in [3.8, 4) is 0 Å². The maximum Gasteiger partial charge on any atom is 0.212 e. The molecule has 0 unspecified atom stereocenters. The maximum absolute atomic E-state index is 6.04. The largest absolute Gasteiger partial charge is 0.355 e. The van der Waals surface area contributed by atoms with E-state index in [1.807, 2.05) is 0 Å². The van der Waals surface area contributed by atoms with Crippen molar-refractivity contribution < 1.29 is 0 Å². The van der Waals surface area contributed by atoms with E-state index in [9.17, 15) is 0 Å². The smallest absolute Gasteiger partial charge is 0.212 e. The second kappa shape index (κ2) is 7.80. The highest BCUT2D eigenvalue weighted by Gasteiger charge is 2.07. The normalized spacial score (nSPS) is 14.6. The minimum absolute atomic E-state index is 0. The fourth-order valence-corrected chi connectivity index (χ4v) is 2.06. The van der Waals surface area contributed by atoms with Crippen LogP contribution in [0, 0.1) is 0 Å². The molecule has 8 heteroatoms. The highest BCUT2D eigenvalue weighted by Crippen LogP contribution is 2.29. The topological polar surface area (TPSA) is 48.8 Å². The Morgan fingerprint density at radius 3 is 2.68 bits per heavy atom. The summed E-state index contributed by atoms with van der Waals surface area (Å²) in [6, 6.07) is 3.32. The third kappa shape index (κ3) is 4.42. The SMILES string of the molecule is Cl.Clc1ccc(Cl)c(C=NNC2=NCCCN2)c1Cl. The van der Waals surface area contributed by atoms with Crippen LogP contribution in [0.3, 0.4) is 0 Å². The molecule has 1 heterocycles. The molecule has 2 N–H and O–H groups in total. The van der Waals surface area contributed by atoms with Crippen LogP contribution in [0.25, 0.3) is 0 Å². The maximum atomic E-state index is 6.04. The first-order valence-corrected chi connectivity index (χ1v) is 6.53. The lowest BCUT2D eigenvalue weighted by atomic mass is 10.2. The molecule has 4 nitrogen and oxygen atoms in total. The molecule has 0 saturated heterocycles. The first-order chi connectivity index (χ1) is 8.68. The van der Waals surface area contributed by atoms with Gasteiger partial charge in [-0.3, -0.25) is 4.99 Å². The Morgan fingerprint density at radius 2 is 2.00 bits per heavy atom. The van der Waals surface area contributed by atoms with E-state index in [1.165, 1.54) is 6.21 Å². The van der Waals surface area contributed by atoms with Crippen LogP contribution in [-0.2, 0) is 0 Å². The van der Waals surface area contributed by atoms with Gasteiger partial charge in [0.1, 0.15) is 0 Å². The average molecular weight is 342 g/mol. The van der Waals surface area contributed by atoms with Crippen molar-refractivity contribution in [3.05, 3.63) is 32.8 Å². The van der Waals surface area contributed by atoms with Gasteiger partial charge in [-0.15, -0.1) is 12.4 Å². The predicted molar refractivity (Wildman–Crippen MR) is 84.4 cm³/mol. The van der Waals surface area contributed by atoms with Crippen molar-refractivity contribution in [1.82, 2.24) is 10.7 Å². The van der Waals surface area contributed by atoms with Gasteiger partial charge in [-0.2, -0.15) is 5.10 Å². The first kappa shape index (κ1) is 16.4. The number of hydrazone groups is 1. The molecule has 2 rings (SSSR count). The molecule has 1 aromatic rings. The summed E-state index contributed by atoms with van der Waals surface area (Å²) in [6.45, 7) is 1.68. The van der Waals surface area contributed by atoms with Gasteiger partial charge < -0.3 is 5.32 Å². The molecule has 0 amide bonds. The van der Waals surface area contributed by atoms with Crippen LogP contribution in [0.4, 0.5) is 0 Å². The summed E-state index contributed by atoms with van der Waals surface area (Å²) >= 11 is 18.0. The van der Waals surface area contributed by atoms with Gasteiger partial charge in [0.05, 0.1) is 21.3 Å². The summed E-state index contributed by atoms with van der Waals surface area (Å²) in [5.74, 6) is 0.645. The Labute approximate surface area is 132 Å². The van der Waals surface area contributed by atoms with Gasteiger partial charge in [0, 0.05) is 18.7 Å². The second-order valence-electron chi connectivity index (χ2n) is 3.64. The van der Waals surface area contributed by atoms with E-state index in [2.05, 4.69) is 20.8 Å². The molecule has 0 bridgehead atoms. The number of nitrogens with zero attached hydrogens (tertiary/aromatic N) is 2. The van der Waals surface area contributed by atoms with Gasteiger partial charge >= 0.3 is 0 Å². The summed E-state index contributed by atoms with van der Waals surface area (Å²) in [4.78, 5) is 4.21. The zero-order valence-corrected chi connectivity index (χ0v) is 12.9. The summed E-state index contributed by atoms with van der Waals surface area (Å²) < 4.78 is 0. The zero-order valence-electron chi connectivity index (χ0n) is 9.79. The second-order valence-corrected chi connectivity index (χ2v) is 4.83. The number of halogens is 4. The lowest BCUT2D eigenvalue weighted by Crippen LogP contribution is -2.38. The van der Waals surface area contributed by atoms with E-state index in [4.69, 9.17) is 34.8 Å². The van der Waals surface area contributed by atoms with Crippen LogP contribution in [0.1, 0.15) is 12.0 Å². The lowest BCUT2D eigenvalue weighted by Gasteiger charge is -2.12. The van der Waals surface area contributed by atoms with Crippen LogP contribution in [0.15, 0.2) is 22.2 Å². The minimum Gasteiger partial charge on any atom is -0.355 e. The van der Waals surface area contributed by atoms with Crippen LogP contribution in [0.2, 0.25) is 15.1 Å². The fourth-order valence-electron chi connectivity index (χ4n) is 1.43. The van der Waals surface area contributed by atoms with Crippen molar-refractivity contribution in [2.75, 3.05) is 13.1 Å². The number of aliphatic imine (C=N–C) groups is 1. The van der Waals surface area contributed by atoms with E-state index >= 15 is 0 Å². The van der Waals surface area contributed by atoms with E-state index in [-0.39, 0.29) is 12.4 Å². The number of benzene rings is 1. The molecule has 0 aromatic heterocycles. The van der Waals surface area contributed by atoms with Crippen LogP contribution in [-0.4, -0.2) is 25.3 Å². The molecule has 1 aliphatic rings. The third-order valence-electron chi connectivity index (χ3n) is 2.34. The molecular formula is C11H12Cl4N4. The molecule has 0 radical (unpaired) electrons. The van der Waals surface area contributed by atoms with Crippen molar-refractivity contribution in [3.63, 3.8) is 0 Å². The van der Waals surface area contributed by atoms with Crippen LogP contribution in [0.5, 0.6) is 0 Å². The molecule has 0 atom stereocenters. The van der Waals surface area contributed by atoms with E-state index < -0.39 is 0 Å². The van der Waals surface area contributed by atoms with Gasteiger partial charge in [-0.05, 0) is 18.6 Å². The van der Waals surface area contributed by atoms with Crippen LogP contribution >= 0.6 is 47.2 Å². The number of hydrogen-bond donors (Lipinski definition) is 2. The average Bonchev–Trinajstić information content (AvgIpc) is 2.39. The monoisotopic (exact) mass is 340 g/mol. The molecule has 0 spiro atoms. The number of rotatable bonds is 2. The molecular weight excluding hydrogens is 330 g/mol. The van der Waals surface area contributed by atoms with Gasteiger partial charge in [-0.1, -0.05) is 34.8 Å². The van der Waals surface area contributed by atoms with Crippen LogP contribution < -0.4 is 10.7 Å². The lowest BCUT2D eigenvalue weighted by molar-refractivity contribution is 0.712. The molecule has 1 aromatic carbocycles. The number of guanidine groups is 1. The summed E-state index contributed by atoms with van der Waals surface area (Å²) in [7, 11) is 0. The van der Waals surface area contributed by atoms with Gasteiger partial charge in [0.15, 0.2) is 0 Å². The van der Waals surface area contributed by atoms with E-state index in [0.29, 0.717) is 26.6 Å². The quantitative estimate of drug-likeness (QED) is 0.492. The Hall–Kier alpha value is -0.680. The Bertz CT molecular complexity index is 502. The summed E-state index contributed by atoms with van der Waals surface area (Å²) in [5.41, 5.74) is 3.37. The summed E-state index contributed by atoms with van der Waals surface area (Å²) in [6.07, 6.45) is 2.55. The Morgan fingerprint density at radius 1 is 1.26 bits per heavy atom. The van der Waals surface area contributed by atoms with Gasteiger partial charge in [0.2, 0.25) is 5.96 Å². The Kier molecular flexibility index (Phi) is 6.72. The highest BCUT2D eigenvalue weighted by atomic mass is 35.5. The molecule has 0 saturated carbocycles. The molecule has 0 aliphatic carbocycles.